The number of likely N-dealkylation sites (tertiary alicyclic amines) is 2. The molecule has 0 unspecified atom stereocenters. The number of aliphatic hydroxyl groups excluding tert-OH is 1. The third-order valence-electron chi connectivity index (χ3n) is 4.31. The van der Waals surface area contributed by atoms with Crippen molar-refractivity contribution in [2.24, 2.45) is 0 Å². The summed E-state index contributed by atoms with van der Waals surface area (Å²) in [6.45, 7) is 6.50. The molecular formula is C13H22N4O2. The van der Waals surface area contributed by atoms with Gasteiger partial charge in [-0.15, -0.1) is 0 Å². The molecule has 0 aliphatic carbocycles. The van der Waals surface area contributed by atoms with E-state index in [-0.39, 0.29) is 12.1 Å². The van der Waals surface area contributed by atoms with Crippen molar-refractivity contribution in [2.45, 2.75) is 44.9 Å². The Morgan fingerprint density at radius 2 is 2.00 bits per heavy atom. The Morgan fingerprint density at radius 1 is 1.21 bits per heavy atom. The number of rotatable bonds is 3. The number of nitrogens with zero attached hydrogens (tertiary/aromatic N) is 4. The third kappa shape index (κ3) is 2.80. The molecule has 2 aliphatic rings. The second-order valence-corrected chi connectivity index (χ2v) is 5.72. The van der Waals surface area contributed by atoms with Gasteiger partial charge in [0, 0.05) is 25.7 Å². The van der Waals surface area contributed by atoms with Gasteiger partial charge in [-0.1, -0.05) is 16.7 Å². The normalized spacial score (nSPS) is 30.0. The van der Waals surface area contributed by atoms with Gasteiger partial charge < -0.3 is 5.11 Å². The largest absolute Gasteiger partial charge is 0.390 e. The van der Waals surface area contributed by atoms with Crippen molar-refractivity contribution in [1.29, 1.82) is 0 Å². The van der Waals surface area contributed by atoms with E-state index in [9.17, 15) is 5.11 Å². The van der Waals surface area contributed by atoms with Crippen molar-refractivity contribution >= 4 is 0 Å². The van der Waals surface area contributed by atoms with E-state index in [1.807, 2.05) is 6.92 Å². The second-order valence-electron chi connectivity index (χ2n) is 5.72. The summed E-state index contributed by atoms with van der Waals surface area (Å²) < 4.78 is 4.73. The molecule has 3 rings (SSSR count). The molecule has 1 N–H and O–H groups in total. The van der Waals surface area contributed by atoms with Gasteiger partial charge in [0.05, 0.1) is 6.10 Å². The predicted molar refractivity (Wildman–Crippen MR) is 69.5 cm³/mol. The third-order valence-corrected chi connectivity index (χ3v) is 4.31. The fourth-order valence-electron chi connectivity index (χ4n) is 3.19. The molecule has 2 saturated heterocycles. The Balaban J connectivity index is 1.59. The molecule has 2 atom stereocenters. The van der Waals surface area contributed by atoms with Crippen LogP contribution in [0, 0.1) is 6.92 Å². The molecule has 0 aromatic carbocycles. The Hall–Kier alpha value is -0.980. The van der Waals surface area contributed by atoms with E-state index < -0.39 is 0 Å². The average Bonchev–Trinajstić information content (AvgIpc) is 2.98. The van der Waals surface area contributed by atoms with Crippen LogP contribution in [0.3, 0.4) is 0 Å². The van der Waals surface area contributed by atoms with Crippen LogP contribution in [-0.2, 0) is 6.54 Å². The summed E-state index contributed by atoms with van der Waals surface area (Å²) in [6.07, 6.45) is 3.59. The average molecular weight is 266 g/mol. The minimum absolute atomic E-state index is 0.252. The molecule has 0 radical (unpaired) electrons. The SMILES string of the molecule is Cc1nonc1CN1C[C@H](O)[C@@H](N2CCCCC2)C1. The monoisotopic (exact) mass is 266 g/mol. The van der Waals surface area contributed by atoms with E-state index in [0.717, 1.165) is 37.6 Å². The minimum atomic E-state index is -0.252. The molecule has 1 aromatic rings. The Morgan fingerprint density at radius 3 is 2.68 bits per heavy atom. The lowest BCUT2D eigenvalue weighted by Crippen LogP contribution is -2.45. The molecule has 0 bridgehead atoms. The fraction of sp³-hybridized carbons (Fsp3) is 0.846. The Labute approximate surface area is 113 Å². The maximum Gasteiger partial charge on any atom is 0.122 e. The number of β-amino-alcohol motifs (C(OH)–C–C–N with tert-alkyl or cyclic N) is 1. The quantitative estimate of drug-likeness (QED) is 0.855. The fourth-order valence-corrected chi connectivity index (χ4v) is 3.19. The van der Waals surface area contributed by atoms with Crippen LogP contribution >= 0.6 is 0 Å². The molecular weight excluding hydrogens is 244 g/mol. The molecule has 1 aromatic heterocycles. The van der Waals surface area contributed by atoms with Crippen molar-refractivity contribution in [3.8, 4) is 0 Å². The van der Waals surface area contributed by atoms with E-state index in [1.54, 1.807) is 0 Å². The zero-order valence-corrected chi connectivity index (χ0v) is 11.5. The van der Waals surface area contributed by atoms with Crippen LogP contribution in [0.25, 0.3) is 0 Å². The molecule has 2 aliphatic heterocycles. The summed E-state index contributed by atoms with van der Waals surface area (Å²) in [6, 6.07) is 0.278. The van der Waals surface area contributed by atoms with Gasteiger partial charge in [0.2, 0.25) is 0 Å². The van der Waals surface area contributed by atoms with Crippen LogP contribution in [0.4, 0.5) is 0 Å². The van der Waals surface area contributed by atoms with Gasteiger partial charge in [0.15, 0.2) is 0 Å². The summed E-state index contributed by atoms with van der Waals surface area (Å²) in [7, 11) is 0. The van der Waals surface area contributed by atoms with Crippen LogP contribution < -0.4 is 0 Å². The maximum absolute atomic E-state index is 10.3. The molecule has 6 nitrogen and oxygen atoms in total. The molecule has 6 heteroatoms. The highest BCUT2D eigenvalue weighted by molar-refractivity contribution is 5.05. The van der Waals surface area contributed by atoms with Gasteiger partial charge >= 0.3 is 0 Å². The number of aryl methyl sites for hydroxylation is 1. The smallest absolute Gasteiger partial charge is 0.122 e. The summed E-state index contributed by atoms with van der Waals surface area (Å²) in [5.74, 6) is 0. The standard InChI is InChI=1S/C13H22N4O2/c1-10-11(15-19-14-10)7-16-8-12(13(18)9-16)17-5-3-2-4-6-17/h12-13,18H,2-9H2,1H3/t12-,13-/m0/s1. The van der Waals surface area contributed by atoms with Crippen molar-refractivity contribution < 1.29 is 9.74 Å². The van der Waals surface area contributed by atoms with Gasteiger partial charge in [-0.05, 0) is 32.9 Å². The van der Waals surface area contributed by atoms with E-state index in [2.05, 4.69) is 20.1 Å². The number of hydrogen-bond donors (Lipinski definition) is 1. The van der Waals surface area contributed by atoms with E-state index in [1.165, 1.54) is 19.3 Å². The van der Waals surface area contributed by atoms with E-state index in [4.69, 9.17) is 4.63 Å². The van der Waals surface area contributed by atoms with Gasteiger partial charge in [-0.25, -0.2) is 4.63 Å². The van der Waals surface area contributed by atoms with E-state index >= 15 is 0 Å². The molecule has 2 fully saturated rings. The van der Waals surface area contributed by atoms with Crippen LogP contribution in [0.15, 0.2) is 4.63 Å². The lowest BCUT2D eigenvalue weighted by atomic mass is 10.1. The maximum atomic E-state index is 10.3. The molecule has 0 saturated carbocycles. The van der Waals surface area contributed by atoms with Crippen molar-refractivity contribution in [2.75, 3.05) is 26.2 Å². The van der Waals surface area contributed by atoms with Gasteiger partial charge in [0.25, 0.3) is 0 Å². The number of hydrogen-bond acceptors (Lipinski definition) is 6. The first-order valence-corrected chi connectivity index (χ1v) is 7.16. The second kappa shape index (κ2) is 5.56. The first kappa shape index (κ1) is 13.0. The highest BCUT2D eigenvalue weighted by Crippen LogP contribution is 2.22. The number of aliphatic hydroxyl groups is 1. The van der Waals surface area contributed by atoms with Crippen molar-refractivity contribution in [1.82, 2.24) is 20.1 Å². The number of aromatic nitrogens is 2. The van der Waals surface area contributed by atoms with Crippen LogP contribution in [0.1, 0.15) is 30.7 Å². The topological polar surface area (TPSA) is 65.6 Å². The van der Waals surface area contributed by atoms with Crippen LogP contribution in [0.2, 0.25) is 0 Å². The summed E-state index contributed by atoms with van der Waals surface area (Å²) in [5, 5.41) is 18.0. The highest BCUT2D eigenvalue weighted by Gasteiger charge is 2.36. The zero-order valence-electron chi connectivity index (χ0n) is 11.5. The molecule has 0 amide bonds. The lowest BCUT2D eigenvalue weighted by molar-refractivity contribution is 0.0706. The summed E-state index contributed by atoms with van der Waals surface area (Å²) >= 11 is 0. The first-order chi connectivity index (χ1) is 9.24. The van der Waals surface area contributed by atoms with E-state index in [0.29, 0.717) is 6.54 Å². The molecule has 106 valence electrons. The minimum Gasteiger partial charge on any atom is -0.390 e. The van der Waals surface area contributed by atoms with Crippen LogP contribution in [0.5, 0.6) is 0 Å². The van der Waals surface area contributed by atoms with Gasteiger partial charge in [0.1, 0.15) is 11.4 Å². The molecule has 19 heavy (non-hydrogen) atoms. The Kier molecular flexibility index (Phi) is 3.81. The number of piperidine rings is 1. The summed E-state index contributed by atoms with van der Waals surface area (Å²) in [5.41, 5.74) is 1.72. The van der Waals surface area contributed by atoms with Gasteiger partial charge in [-0.3, -0.25) is 9.80 Å². The predicted octanol–water partition coefficient (Wildman–Crippen LogP) is 0.409. The lowest BCUT2D eigenvalue weighted by Gasteiger charge is -2.33. The molecule has 0 spiro atoms. The molecule has 3 heterocycles. The van der Waals surface area contributed by atoms with Crippen LogP contribution in [-0.4, -0.2) is 63.5 Å². The zero-order chi connectivity index (χ0) is 13.2. The van der Waals surface area contributed by atoms with Crippen molar-refractivity contribution in [3.63, 3.8) is 0 Å². The van der Waals surface area contributed by atoms with Gasteiger partial charge in [-0.2, -0.15) is 0 Å². The Bertz CT molecular complexity index is 417. The van der Waals surface area contributed by atoms with Crippen molar-refractivity contribution in [3.05, 3.63) is 11.4 Å². The first-order valence-electron chi connectivity index (χ1n) is 7.16. The summed E-state index contributed by atoms with van der Waals surface area (Å²) in [4.78, 5) is 4.69. The highest BCUT2D eigenvalue weighted by atomic mass is 16.6.